The number of aliphatic hydroxyl groups excluding tert-OH is 3. The molecule has 0 saturated heterocycles. The fourth-order valence-electron chi connectivity index (χ4n) is 1.42. The molecule has 0 radical (unpaired) electrons. The minimum Gasteiger partial charge on any atom is -0.394 e. The summed E-state index contributed by atoms with van der Waals surface area (Å²) in [6.45, 7) is -0.635. The number of methoxy groups -OCH3 is 1. The molecule has 1 aromatic rings. The number of rotatable bonds is 6. The molecular formula is C14H18O5. The molecule has 0 fully saturated rings. The van der Waals surface area contributed by atoms with Gasteiger partial charge in [0, 0.05) is 12.7 Å². The van der Waals surface area contributed by atoms with Crippen molar-refractivity contribution in [3.63, 3.8) is 0 Å². The van der Waals surface area contributed by atoms with Gasteiger partial charge in [0.15, 0.2) is 0 Å². The lowest BCUT2D eigenvalue weighted by Gasteiger charge is -2.23. The van der Waals surface area contributed by atoms with Crippen molar-refractivity contribution >= 4 is 0 Å². The fourth-order valence-corrected chi connectivity index (χ4v) is 1.42. The highest BCUT2D eigenvalue weighted by molar-refractivity contribution is 5.34. The fraction of sp³-hybridized carbons (Fsp3) is 0.429. The van der Waals surface area contributed by atoms with Gasteiger partial charge in [-0.2, -0.15) is 0 Å². The van der Waals surface area contributed by atoms with Gasteiger partial charge in [-0.25, -0.2) is 0 Å². The summed E-state index contributed by atoms with van der Waals surface area (Å²) in [5, 5.41) is 28.3. The average Bonchev–Trinajstić information content (AvgIpc) is 2.46. The number of benzene rings is 1. The number of hydrogen-bond donors (Lipinski definition) is 3. The molecule has 0 heterocycles. The predicted molar refractivity (Wildman–Crippen MR) is 69.2 cm³/mol. The van der Waals surface area contributed by atoms with E-state index in [0.29, 0.717) is 0 Å². The van der Waals surface area contributed by atoms with Crippen LogP contribution < -0.4 is 0 Å². The van der Waals surface area contributed by atoms with Crippen molar-refractivity contribution in [2.24, 2.45) is 0 Å². The molecule has 0 aliphatic heterocycles. The second-order valence-corrected chi connectivity index (χ2v) is 3.87. The second-order valence-electron chi connectivity index (χ2n) is 3.87. The van der Waals surface area contributed by atoms with Gasteiger partial charge in [-0.1, -0.05) is 30.0 Å². The van der Waals surface area contributed by atoms with Crippen molar-refractivity contribution in [1.82, 2.24) is 0 Å². The maximum atomic E-state index is 9.87. The summed E-state index contributed by atoms with van der Waals surface area (Å²) in [5.41, 5.74) is 0.741. The molecule has 5 nitrogen and oxygen atoms in total. The van der Waals surface area contributed by atoms with E-state index in [2.05, 4.69) is 11.8 Å². The summed E-state index contributed by atoms with van der Waals surface area (Å²) >= 11 is 0. The van der Waals surface area contributed by atoms with E-state index in [1.54, 1.807) is 12.1 Å². The Balaban J connectivity index is 2.71. The van der Waals surface area contributed by atoms with Crippen LogP contribution in [-0.2, 0) is 9.47 Å². The lowest BCUT2D eigenvalue weighted by atomic mass is 10.1. The Bertz CT molecular complexity index is 409. The van der Waals surface area contributed by atoms with Crippen LogP contribution in [0, 0.1) is 11.8 Å². The first-order valence-corrected chi connectivity index (χ1v) is 5.83. The first-order valence-electron chi connectivity index (χ1n) is 5.83. The summed E-state index contributed by atoms with van der Waals surface area (Å²) in [6, 6.07) is 9.12. The Labute approximate surface area is 112 Å². The highest BCUT2D eigenvalue weighted by Gasteiger charge is 2.26. The van der Waals surface area contributed by atoms with Crippen molar-refractivity contribution in [1.29, 1.82) is 0 Å². The zero-order valence-electron chi connectivity index (χ0n) is 10.7. The largest absolute Gasteiger partial charge is 0.394 e. The van der Waals surface area contributed by atoms with E-state index >= 15 is 0 Å². The van der Waals surface area contributed by atoms with E-state index in [1.807, 2.05) is 18.2 Å². The van der Waals surface area contributed by atoms with Crippen LogP contribution >= 0.6 is 0 Å². The summed E-state index contributed by atoms with van der Waals surface area (Å²) in [5.74, 6) is 5.34. The van der Waals surface area contributed by atoms with Crippen molar-refractivity contribution in [3.05, 3.63) is 35.9 Å². The molecule has 19 heavy (non-hydrogen) atoms. The molecular weight excluding hydrogens is 248 g/mol. The van der Waals surface area contributed by atoms with Crippen molar-refractivity contribution < 1.29 is 24.8 Å². The highest BCUT2D eigenvalue weighted by Crippen LogP contribution is 2.06. The molecule has 1 aromatic carbocycles. The summed E-state index contributed by atoms with van der Waals surface area (Å²) in [6.07, 6.45) is -3.48. The maximum absolute atomic E-state index is 9.87. The Morgan fingerprint density at radius 3 is 2.47 bits per heavy atom. The van der Waals surface area contributed by atoms with Gasteiger partial charge in [0.05, 0.1) is 6.61 Å². The monoisotopic (exact) mass is 266 g/mol. The molecule has 0 aromatic heterocycles. The number of ether oxygens (including phenoxy) is 2. The number of hydrogen-bond acceptors (Lipinski definition) is 5. The van der Waals surface area contributed by atoms with E-state index in [-0.39, 0.29) is 6.79 Å². The summed E-state index contributed by atoms with van der Waals surface area (Å²) < 4.78 is 9.82. The van der Waals surface area contributed by atoms with E-state index < -0.39 is 24.9 Å². The van der Waals surface area contributed by atoms with Crippen molar-refractivity contribution in [2.45, 2.75) is 18.3 Å². The molecule has 0 bridgehead atoms. The smallest absolute Gasteiger partial charge is 0.147 e. The van der Waals surface area contributed by atoms with Gasteiger partial charge in [-0.3, -0.25) is 0 Å². The summed E-state index contributed by atoms with van der Waals surface area (Å²) in [7, 11) is 1.42. The Morgan fingerprint density at radius 2 is 1.89 bits per heavy atom. The van der Waals surface area contributed by atoms with Crippen LogP contribution in [0.15, 0.2) is 30.3 Å². The Morgan fingerprint density at radius 1 is 1.21 bits per heavy atom. The molecule has 3 N–H and O–H groups in total. The van der Waals surface area contributed by atoms with Crippen LogP contribution in [0.4, 0.5) is 0 Å². The minimum absolute atomic E-state index is 0.105. The first-order chi connectivity index (χ1) is 9.19. The zero-order valence-corrected chi connectivity index (χ0v) is 10.7. The van der Waals surface area contributed by atoms with Crippen LogP contribution in [0.2, 0.25) is 0 Å². The Hall–Kier alpha value is -1.42. The van der Waals surface area contributed by atoms with Crippen molar-refractivity contribution in [3.8, 4) is 11.8 Å². The summed E-state index contributed by atoms with van der Waals surface area (Å²) in [4.78, 5) is 0. The number of aliphatic hydroxyl groups is 3. The third-order valence-corrected chi connectivity index (χ3v) is 2.39. The second kappa shape index (κ2) is 8.64. The van der Waals surface area contributed by atoms with Gasteiger partial charge < -0.3 is 24.8 Å². The van der Waals surface area contributed by atoms with Crippen LogP contribution in [0.5, 0.6) is 0 Å². The van der Waals surface area contributed by atoms with Gasteiger partial charge in [0.2, 0.25) is 0 Å². The van der Waals surface area contributed by atoms with Crippen LogP contribution in [0.1, 0.15) is 5.56 Å². The molecule has 0 aliphatic rings. The van der Waals surface area contributed by atoms with Gasteiger partial charge in [-0.05, 0) is 12.1 Å². The maximum Gasteiger partial charge on any atom is 0.147 e. The van der Waals surface area contributed by atoms with Gasteiger partial charge in [0.25, 0.3) is 0 Å². The lowest BCUT2D eigenvalue weighted by Crippen LogP contribution is -2.41. The average molecular weight is 266 g/mol. The Kier molecular flexibility index (Phi) is 7.11. The van der Waals surface area contributed by atoms with Gasteiger partial charge in [-0.15, -0.1) is 0 Å². The molecule has 1 rings (SSSR count). The molecule has 3 atom stereocenters. The first kappa shape index (κ1) is 15.6. The SMILES string of the molecule is COCO[C@@H]([C@H](O)C#Cc1ccccc1)[C@H](O)CO. The van der Waals surface area contributed by atoms with E-state index in [9.17, 15) is 10.2 Å². The standard InChI is InChI=1S/C14H18O5/c1-18-10-19-14(13(17)9-15)12(16)8-7-11-5-3-2-4-6-11/h2-6,12-17H,9-10H2,1H3/t12-,13-,14+/m1/s1. The van der Waals surface area contributed by atoms with Crippen molar-refractivity contribution in [2.75, 3.05) is 20.5 Å². The third-order valence-electron chi connectivity index (χ3n) is 2.39. The highest BCUT2D eigenvalue weighted by atomic mass is 16.7. The molecule has 0 aliphatic carbocycles. The molecule has 0 saturated carbocycles. The van der Waals surface area contributed by atoms with E-state index in [4.69, 9.17) is 14.6 Å². The quantitative estimate of drug-likeness (QED) is 0.488. The third kappa shape index (κ3) is 5.39. The predicted octanol–water partition coefficient (Wildman–Crippen LogP) is -0.259. The molecule has 5 heteroatoms. The molecule has 104 valence electrons. The lowest BCUT2D eigenvalue weighted by molar-refractivity contribution is -0.147. The van der Waals surface area contributed by atoms with Gasteiger partial charge in [0.1, 0.15) is 25.1 Å². The van der Waals surface area contributed by atoms with Crippen LogP contribution in [0.3, 0.4) is 0 Å². The van der Waals surface area contributed by atoms with Gasteiger partial charge >= 0.3 is 0 Å². The topological polar surface area (TPSA) is 79.2 Å². The normalized spacial score (nSPS) is 15.2. The van der Waals surface area contributed by atoms with Crippen LogP contribution in [0.25, 0.3) is 0 Å². The van der Waals surface area contributed by atoms with E-state index in [1.165, 1.54) is 7.11 Å². The minimum atomic E-state index is -1.23. The van der Waals surface area contributed by atoms with E-state index in [0.717, 1.165) is 5.56 Å². The molecule has 0 spiro atoms. The molecule has 0 amide bonds. The molecule has 0 unspecified atom stereocenters. The van der Waals surface area contributed by atoms with Crippen LogP contribution in [-0.4, -0.2) is 54.1 Å². The zero-order chi connectivity index (χ0) is 14.1.